The van der Waals surface area contributed by atoms with Crippen molar-refractivity contribution >= 4 is 149 Å². The Bertz CT molecular complexity index is 6650. The van der Waals surface area contributed by atoms with Crippen molar-refractivity contribution in [1.82, 2.24) is 58.3 Å². The largest absolute Gasteiger partial charge is 0.503 e. The van der Waals surface area contributed by atoms with Gasteiger partial charge in [0.2, 0.25) is 29.4 Å². The maximum absolute atomic E-state index is 15.4. The van der Waals surface area contributed by atoms with E-state index in [1.54, 1.807) is 87.0 Å². The van der Waals surface area contributed by atoms with E-state index in [0.29, 0.717) is 50.8 Å². The lowest BCUT2D eigenvalue weighted by Gasteiger charge is -2.36. The lowest BCUT2D eigenvalue weighted by atomic mass is 10.0. The Balaban J connectivity index is 0.000000171. The summed E-state index contributed by atoms with van der Waals surface area (Å²) in [6, 6.07) is 15.1. The Labute approximate surface area is 798 Å². The number of phenolic OH excluding ortho intramolecular Hbond substituents is 3. The third-order valence-corrected chi connectivity index (χ3v) is 25.4. The lowest BCUT2D eigenvalue weighted by molar-refractivity contribution is -0.127. The first-order valence-corrected chi connectivity index (χ1v) is 43.8. The molecule has 3 amide bonds. The van der Waals surface area contributed by atoms with Crippen molar-refractivity contribution < 1.29 is 64.8 Å². The number of nitriles is 3. The zero-order valence-electron chi connectivity index (χ0n) is 72.8. The van der Waals surface area contributed by atoms with Crippen molar-refractivity contribution in [3.63, 3.8) is 0 Å². The van der Waals surface area contributed by atoms with E-state index in [1.807, 2.05) is 59.8 Å². The van der Waals surface area contributed by atoms with Crippen LogP contribution >= 0.6 is 81.2 Å². The van der Waals surface area contributed by atoms with Gasteiger partial charge in [0, 0.05) is 113 Å². The molecule has 0 spiro atoms. The molecule has 3 aliphatic rings. The third-order valence-electron chi connectivity index (χ3n) is 23.0. The zero-order valence-corrected chi connectivity index (χ0v) is 78.1. The van der Waals surface area contributed by atoms with Crippen LogP contribution in [0.1, 0.15) is 110 Å². The van der Waals surface area contributed by atoms with Crippen LogP contribution in [0.5, 0.6) is 17.2 Å². The molecule has 9 aromatic heterocycles. The van der Waals surface area contributed by atoms with E-state index in [9.17, 15) is 81.8 Å². The van der Waals surface area contributed by atoms with Crippen molar-refractivity contribution in [2.24, 2.45) is 0 Å². The number of rotatable bonds is 15. The fourth-order valence-corrected chi connectivity index (χ4v) is 18.1. The molecule has 27 nitrogen and oxygen atoms in total. The number of benzene rings is 3. The molecule has 3 aliphatic heterocycles. The van der Waals surface area contributed by atoms with Crippen molar-refractivity contribution in [3.05, 3.63) is 256 Å². The van der Waals surface area contributed by atoms with Crippen LogP contribution in [0.3, 0.4) is 0 Å². The number of aromatic hydroxyl groups is 3. The quantitative estimate of drug-likeness (QED) is 0.0371. The van der Waals surface area contributed by atoms with Crippen LogP contribution in [-0.4, -0.2) is 170 Å². The number of amides is 3. The molecule has 0 unspecified atom stereocenters. The fourth-order valence-electron chi connectivity index (χ4n) is 16.4. The number of fused-ring (bicyclic) bond motifs is 3. The highest BCUT2D eigenvalue weighted by Gasteiger charge is 2.39. The highest BCUT2D eigenvalue weighted by Crippen LogP contribution is 2.50. The summed E-state index contributed by atoms with van der Waals surface area (Å²) in [6.07, 6.45) is 8.34. The van der Waals surface area contributed by atoms with E-state index in [4.69, 9.17) is 81.2 Å². The number of hydrogen-bond donors (Lipinski definition) is 3. The number of piperazine rings is 3. The standard InChI is InChI=1S/C31H25Cl3F2N6O3.2C31H25Cl2F3N6O3/c1-5-19(43)40-8-10-41(11-9-40)28-16-12-18(32)26(20-21(33)22(34)24(36)29(44)23(20)35)39-30(16)42(31(45)17(28)13-37)27-15(4)6-7-38-25(27)14(2)3;2*1-5-19(43)40-8-10-41(11-9-40)28-16-12-18(32)26(20-21(33)23(35)24(36)29(44)22(20)34)39-30(16)42(31(45)17(28)13-37)27-15(4)6-7-38-25(27)14(2)3/h3*5-7,12,14,44H,1,8-11H2,2-4H3. The molecule has 3 fully saturated rings. The molecule has 0 saturated carbocycles. The third kappa shape index (κ3) is 17.6. The van der Waals surface area contributed by atoms with Gasteiger partial charge in [-0.2, -0.15) is 24.6 Å². The predicted octanol–water partition coefficient (Wildman–Crippen LogP) is 18.6. The van der Waals surface area contributed by atoms with Crippen LogP contribution in [0.15, 0.2) is 107 Å². The summed E-state index contributed by atoms with van der Waals surface area (Å²) in [5.74, 6) is -19.4. The monoisotopic (exact) mass is 1980 g/mol. The number of halogens is 15. The van der Waals surface area contributed by atoms with Crippen LogP contribution in [0, 0.1) is 101 Å². The van der Waals surface area contributed by atoms with E-state index in [2.05, 4.69) is 49.6 Å². The van der Waals surface area contributed by atoms with Gasteiger partial charge in [0.15, 0.2) is 52.2 Å². The molecule has 0 radical (unpaired) electrons. The number of nitrogens with zero attached hydrogens (tertiary/aromatic N) is 18. The maximum atomic E-state index is 15.4. The second-order valence-electron chi connectivity index (χ2n) is 32.0. The molecule has 3 saturated heterocycles. The number of carbonyl (C=O) groups is 3. The minimum absolute atomic E-state index is 0.0357. The molecule has 696 valence electrons. The van der Waals surface area contributed by atoms with Crippen molar-refractivity contribution in [2.45, 2.75) is 80.1 Å². The van der Waals surface area contributed by atoms with Gasteiger partial charge in [-0.25, -0.2) is 41.3 Å². The molecule has 12 heterocycles. The Morgan fingerprint density at radius 3 is 0.859 bits per heavy atom. The molecular weight excluding hydrogens is 1910 g/mol. The first-order chi connectivity index (χ1) is 64.0. The smallest absolute Gasteiger partial charge is 0.276 e. The average Bonchev–Trinajstić information content (AvgIpc) is 0.728. The Hall–Kier alpha value is -13.4. The minimum atomic E-state index is -1.89. The highest BCUT2D eigenvalue weighted by molar-refractivity contribution is 6.45. The molecule has 0 bridgehead atoms. The van der Waals surface area contributed by atoms with Crippen LogP contribution < -0.4 is 31.4 Å². The summed E-state index contributed by atoms with van der Waals surface area (Å²) in [5, 5.41) is 57.6. The molecule has 3 N–H and O–H groups in total. The minimum Gasteiger partial charge on any atom is -0.503 e. The van der Waals surface area contributed by atoms with Crippen molar-refractivity contribution in [3.8, 4) is 86.3 Å². The Kier molecular flexibility index (Phi) is 29.1. The van der Waals surface area contributed by atoms with Gasteiger partial charge in [-0.05, 0) is 110 Å². The van der Waals surface area contributed by atoms with Gasteiger partial charge in [0.1, 0.15) is 51.8 Å². The van der Waals surface area contributed by atoms with Gasteiger partial charge in [0.05, 0.1) is 120 Å². The normalized spacial score (nSPS) is 13.4. The molecular formula is C93H75Cl7F8N18O9. The molecule has 12 aromatic rings. The van der Waals surface area contributed by atoms with Crippen molar-refractivity contribution in [1.29, 1.82) is 15.8 Å². The lowest BCUT2D eigenvalue weighted by Crippen LogP contribution is -2.49. The van der Waals surface area contributed by atoms with Crippen molar-refractivity contribution in [2.75, 3.05) is 93.2 Å². The van der Waals surface area contributed by atoms with Gasteiger partial charge >= 0.3 is 0 Å². The molecule has 135 heavy (non-hydrogen) atoms. The second kappa shape index (κ2) is 39.6. The summed E-state index contributed by atoms with van der Waals surface area (Å²) >= 11 is 44.2. The first-order valence-electron chi connectivity index (χ1n) is 41.1. The van der Waals surface area contributed by atoms with E-state index < -0.39 is 129 Å². The predicted molar refractivity (Wildman–Crippen MR) is 499 cm³/mol. The highest BCUT2D eigenvalue weighted by atomic mass is 35.5. The van der Waals surface area contributed by atoms with Gasteiger partial charge in [-0.3, -0.25) is 57.4 Å². The molecule has 3 aromatic carbocycles. The fraction of sp³-hybridized carbons (Fsp3) is 0.258. The molecule has 15 rings (SSSR count). The SMILES string of the molecule is C=CC(=O)N1CCN(c2c(C#N)c(=O)n(-c3c(C)ccnc3C(C)C)c3nc(-c4c(F)c(O)c(F)c(Cl)c4Cl)c(Cl)cc23)CC1.C=CC(=O)N1CCN(c2c(C#N)c(=O)n(-c3c(C)ccnc3C(C)C)c3nc(-c4c(F)c(O)c(F)c(F)c4Cl)c(Cl)cc23)CC1.C=CC(=O)N1CCN(c2c(C#N)c(=O)n(-c3c(C)ccnc3C(C)C)c3nc(-c4c(F)c(O)c(F)c(F)c4Cl)c(Cl)cc23)CC1. The number of aryl methyl sites for hydroxylation is 3. The number of hydrogen-bond acceptors (Lipinski definition) is 21. The summed E-state index contributed by atoms with van der Waals surface area (Å²) in [4.78, 5) is 117. The maximum Gasteiger partial charge on any atom is 0.276 e. The molecule has 42 heteroatoms. The number of anilines is 3. The number of pyridine rings is 9. The van der Waals surface area contributed by atoms with Gasteiger partial charge < -0.3 is 44.7 Å². The number of carbonyl (C=O) groups excluding carboxylic acids is 3. The van der Waals surface area contributed by atoms with E-state index in [0.717, 1.165) is 9.13 Å². The first kappa shape index (κ1) is 99.0. The summed E-state index contributed by atoms with van der Waals surface area (Å²) in [5.41, 5.74) is -1.91. The second-order valence-corrected chi connectivity index (χ2v) is 34.8. The summed E-state index contributed by atoms with van der Waals surface area (Å²) in [7, 11) is 0. The summed E-state index contributed by atoms with van der Waals surface area (Å²) in [6.45, 7) is 30.0. The number of phenols is 3. The topological polar surface area (TPSA) is 346 Å². The molecule has 0 aliphatic carbocycles. The van der Waals surface area contributed by atoms with Crippen LogP contribution in [0.2, 0.25) is 35.2 Å². The summed E-state index contributed by atoms with van der Waals surface area (Å²) < 4.78 is 122. The number of aromatic nitrogens is 9. The Morgan fingerprint density at radius 2 is 0.622 bits per heavy atom. The van der Waals surface area contributed by atoms with E-state index in [-0.39, 0.29) is 202 Å². The Morgan fingerprint density at radius 1 is 0.378 bits per heavy atom. The van der Waals surface area contributed by atoms with E-state index >= 15 is 13.2 Å². The van der Waals surface area contributed by atoms with Crippen LogP contribution in [0.25, 0.3) is 83.9 Å². The zero-order chi connectivity index (χ0) is 98.7. The van der Waals surface area contributed by atoms with Crippen LogP contribution in [-0.2, 0) is 14.4 Å². The van der Waals surface area contributed by atoms with Gasteiger partial charge in [-0.15, -0.1) is 0 Å². The van der Waals surface area contributed by atoms with E-state index in [1.165, 1.54) is 41.0 Å². The average molecular weight is 1990 g/mol. The molecule has 0 atom stereocenters. The van der Waals surface area contributed by atoms with Crippen LogP contribution in [0.4, 0.5) is 52.2 Å². The van der Waals surface area contributed by atoms with Gasteiger partial charge in [-0.1, -0.05) is 142 Å². The van der Waals surface area contributed by atoms with Gasteiger partial charge in [0.25, 0.3) is 16.7 Å².